The molecule has 0 spiro atoms. The molecule has 9 heteroatoms. The van der Waals surface area contributed by atoms with Crippen LogP contribution in [0.2, 0.25) is 0 Å². The standard InChI is InChI=1S/C15H15FN8/c1-22-6-10(5-19-22)14-15-12(8-23(17)9-18-15)24(21-14)7-11-3-2-4-13(16)20-11/h2-6,8-9,21H,7,17H2,1H3. The monoisotopic (exact) mass is 326 g/mol. The zero-order valence-electron chi connectivity index (χ0n) is 12.9. The highest BCUT2D eigenvalue weighted by Gasteiger charge is 2.30. The Bertz CT molecular complexity index is 881. The maximum absolute atomic E-state index is 13.3. The second kappa shape index (κ2) is 5.46. The third-order valence-electron chi connectivity index (χ3n) is 3.69. The molecule has 0 bridgehead atoms. The highest BCUT2D eigenvalue weighted by Crippen LogP contribution is 2.33. The summed E-state index contributed by atoms with van der Waals surface area (Å²) in [6, 6.07) is 4.71. The predicted molar refractivity (Wildman–Crippen MR) is 85.6 cm³/mol. The largest absolute Gasteiger partial charge is 0.295 e. The molecule has 2 aliphatic heterocycles. The van der Waals surface area contributed by atoms with Gasteiger partial charge in [-0.1, -0.05) is 6.07 Å². The second-order valence-electron chi connectivity index (χ2n) is 5.48. The molecule has 2 aliphatic rings. The first-order chi connectivity index (χ1) is 11.6. The van der Waals surface area contributed by atoms with Gasteiger partial charge < -0.3 is 0 Å². The van der Waals surface area contributed by atoms with Gasteiger partial charge in [0.15, 0.2) is 0 Å². The van der Waals surface area contributed by atoms with Crippen molar-refractivity contribution in [3.05, 3.63) is 65.4 Å². The maximum Gasteiger partial charge on any atom is 0.213 e. The number of aromatic nitrogens is 3. The lowest BCUT2D eigenvalue weighted by Crippen LogP contribution is -2.33. The normalized spacial score (nSPS) is 16.4. The number of aryl methyl sites for hydroxylation is 1. The number of aliphatic imine (C=N–C) groups is 1. The zero-order valence-corrected chi connectivity index (χ0v) is 12.9. The molecule has 2 aromatic heterocycles. The summed E-state index contributed by atoms with van der Waals surface area (Å²) in [6.07, 6.45) is 6.92. The molecule has 0 amide bonds. The summed E-state index contributed by atoms with van der Waals surface area (Å²) in [5.74, 6) is 5.29. The summed E-state index contributed by atoms with van der Waals surface area (Å²) >= 11 is 0. The van der Waals surface area contributed by atoms with E-state index in [0.29, 0.717) is 12.2 Å². The van der Waals surface area contributed by atoms with Gasteiger partial charge in [0.25, 0.3) is 0 Å². The molecule has 0 fully saturated rings. The molecule has 0 atom stereocenters. The van der Waals surface area contributed by atoms with Crippen LogP contribution in [0.1, 0.15) is 11.3 Å². The minimum Gasteiger partial charge on any atom is -0.295 e. The number of hydrogen-bond donors (Lipinski definition) is 2. The van der Waals surface area contributed by atoms with Crippen LogP contribution in [0.5, 0.6) is 0 Å². The molecule has 0 saturated heterocycles. The number of nitrogens with one attached hydrogen (secondary N) is 1. The summed E-state index contributed by atoms with van der Waals surface area (Å²) < 4.78 is 15.1. The van der Waals surface area contributed by atoms with Crippen molar-refractivity contribution in [1.82, 2.24) is 30.2 Å². The highest BCUT2D eigenvalue weighted by atomic mass is 19.1. The molecule has 0 unspecified atom stereocenters. The Morgan fingerprint density at radius 2 is 2.21 bits per heavy atom. The van der Waals surface area contributed by atoms with E-state index in [9.17, 15) is 4.39 Å². The van der Waals surface area contributed by atoms with Crippen LogP contribution in [0.3, 0.4) is 0 Å². The number of nitrogens with zero attached hydrogens (tertiary/aromatic N) is 6. The van der Waals surface area contributed by atoms with Gasteiger partial charge in [0.2, 0.25) is 5.95 Å². The Hall–Kier alpha value is -3.20. The number of nitrogens with two attached hydrogens (primary N) is 1. The number of pyridine rings is 1. The lowest BCUT2D eigenvalue weighted by atomic mass is 10.2. The Kier molecular flexibility index (Phi) is 3.28. The minimum absolute atomic E-state index is 0.361. The zero-order chi connectivity index (χ0) is 16.7. The van der Waals surface area contributed by atoms with Crippen molar-refractivity contribution in [2.24, 2.45) is 17.9 Å². The lowest BCUT2D eigenvalue weighted by molar-refractivity contribution is 0.297. The minimum atomic E-state index is -0.511. The van der Waals surface area contributed by atoms with Crippen molar-refractivity contribution < 1.29 is 4.39 Å². The van der Waals surface area contributed by atoms with Gasteiger partial charge in [-0.15, -0.1) is 0 Å². The van der Waals surface area contributed by atoms with Gasteiger partial charge in [-0.05, 0) is 12.1 Å². The van der Waals surface area contributed by atoms with E-state index in [2.05, 4.69) is 20.5 Å². The van der Waals surface area contributed by atoms with Gasteiger partial charge in [-0.3, -0.25) is 20.1 Å². The van der Waals surface area contributed by atoms with Gasteiger partial charge in [0.05, 0.1) is 24.1 Å². The summed E-state index contributed by atoms with van der Waals surface area (Å²) in [4.78, 5) is 8.30. The Morgan fingerprint density at radius 3 is 2.96 bits per heavy atom. The van der Waals surface area contributed by atoms with Crippen molar-refractivity contribution in [2.75, 3.05) is 0 Å². The molecular weight excluding hydrogens is 311 g/mol. The molecule has 4 heterocycles. The third kappa shape index (κ3) is 2.50. The molecule has 3 N–H and O–H groups in total. The van der Waals surface area contributed by atoms with Crippen LogP contribution in [0.25, 0.3) is 5.70 Å². The van der Waals surface area contributed by atoms with E-state index >= 15 is 0 Å². The smallest absolute Gasteiger partial charge is 0.213 e. The van der Waals surface area contributed by atoms with E-state index in [0.717, 1.165) is 22.7 Å². The number of hydrogen-bond acceptors (Lipinski definition) is 7. The summed E-state index contributed by atoms with van der Waals surface area (Å²) in [7, 11) is 1.85. The number of rotatable bonds is 3. The van der Waals surface area contributed by atoms with Crippen LogP contribution in [0.4, 0.5) is 4.39 Å². The van der Waals surface area contributed by atoms with E-state index in [1.807, 2.05) is 18.3 Å². The average molecular weight is 326 g/mol. The van der Waals surface area contributed by atoms with Gasteiger partial charge in [0, 0.05) is 25.0 Å². The molecule has 4 rings (SSSR count). The van der Waals surface area contributed by atoms with Crippen LogP contribution >= 0.6 is 0 Å². The van der Waals surface area contributed by atoms with Crippen molar-refractivity contribution in [1.29, 1.82) is 0 Å². The van der Waals surface area contributed by atoms with E-state index in [1.165, 1.54) is 17.4 Å². The van der Waals surface area contributed by atoms with Crippen LogP contribution in [0, 0.1) is 5.95 Å². The SMILES string of the molecule is Cn1cc(C2=C3N=CN(N)C=C3N(Cc3cccc(F)n3)N2)cn1. The molecule has 0 aromatic carbocycles. The van der Waals surface area contributed by atoms with Crippen LogP contribution < -0.4 is 11.3 Å². The fraction of sp³-hybridized carbons (Fsp3) is 0.133. The topological polar surface area (TPSA) is 87.6 Å². The molecular formula is C15H15FN8. The molecule has 122 valence electrons. The quantitative estimate of drug-likeness (QED) is 0.638. The predicted octanol–water partition coefficient (Wildman–Crippen LogP) is 0.702. The van der Waals surface area contributed by atoms with Crippen molar-refractivity contribution in [3.63, 3.8) is 0 Å². The van der Waals surface area contributed by atoms with Gasteiger partial charge in [-0.25, -0.2) is 15.8 Å². The molecule has 2 aromatic rings. The van der Waals surface area contributed by atoms with Gasteiger partial charge >= 0.3 is 0 Å². The van der Waals surface area contributed by atoms with E-state index in [1.54, 1.807) is 29.2 Å². The van der Waals surface area contributed by atoms with E-state index in [4.69, 9.17) is 5.84 Å². The lowest BCUT2D eigenvalue weighted by Gasteiger charge is -2.23. The van der Waals surface area contributed by atoms with Crippen molar-refractivity contribution in [3.8, 4) is 0 Å². The number of halogens is 1. The van der Waals surface area contributed by atoms with Crippen LogP contribution in [-0.4, -0.2) is 31.1 Å². The summed E-state index contributed by atoms with van der Waals surface area (Å²) in [5, 5.41) is 7.39. The molecule has 8 nitrogen and oxygen atoms in total. The molecule has 0 saturated carbocycles. The highest BCUT2D eigenvalue weighted by molar-refractivity contribution is 5.77. The molecule has 0 aliphatic carbocycles. The maximum atomic E-state index is 13.3. The summed E-state index contributed by atoms with van der Waals surface area (Å²) in [5.41, 5.74) is 7.12. The Balaban J connectivity index is 1.69. The fourth-order valence-corrected chi connectivity index (χ4v) is 2.64. The van der Waals surface area contributed by atoms with E-state index < -0.39 is 5.95 Å². The second-order valence-corrected chi connectivity index (χ2v) is 5.48. The van der Waals surface area contributed by atoms with Crippen molar-refractivity contribution in [2.45, 2.75) is 6.54 Å². The first-order valence-corrected chi connectivity index (χ1v) is 7.28. The van der Waals surface area contributed by atoms with Gasteiger partial charge in [-0.2, -0.15) is 9.49 Å². The van der Waals surface area contributed by atoms with Gasteiger partial charge in [0.1, 0.15) is 17.7 Å². The average Bonchev–Trinajstić information content (AvgIpc) is 3.12. The number of fused-ring (bicyclic) bond motifs is 1. The van der Waals surface area contributed by atoms with E-state index in [-0.39, 0.29) is 0 Å². The Morgan fingerprint density at radius 1 is 1.33 bits per heavy atom. The third-order valence-corrected chi connectivity index (χ3v) is 3.69. The molecule has 0 radical (unpaired) electrons. The summed E-state index contributed by atoms with van der Waals surface area (Å²) in [6.45, 7) is 0.361. The van der Waals surface area contributed by atoms with Crippen LogP contribution in [-0.2, 0) is 13.6 Å². The first-order valence-electron chi connectivity index (χ1n) is 7.28. The number of hydrazine groups is 2. The fourth-order valence-electron chi connectivity index (χ4n) is 2.64. The Labute approximate surface area is 137 Å². The molecule has 24 heavy (non-hydrogen) atoms. The van der Waals surface area contributed by atoms with Crippen LogP contribution in [0.15, 0.2) is 53.2 Å². The van der Waals surface area contributed by atoms with Crippen molar-refractivity contribution >= 4 is 12.0 Å². The first kappa shape index (κ1) is 14.4.